The summed E-state index contributed by atoms with van der Waals surface area (Å²) in [4.78, 5) is 30.6. The van der Waals surface area contributed by atoms with Crippen LogP contribution in [0.4, 0.5) is 4.39 Å². The number of amides is 1. The third-order valence-electron chi connectivity index (χ3n) is 4.09. The van der Waals surface area contributed by atoms with E-state index in [1.54, 1.807) is 43.5 Å². The molecule has 2 aromatic heterocycles. The van der Waals surface area contributed by atoms with Crippen LogP contribution in [0.1, 0.15) is 17.0 Å². The molecule has 0 aliphatic heterocycles. The molecule has 1 amide bonds. The van der Waals surface area contributed by atoms with E-state index in [0.717, 1.165) is 4.68 Å². The molecule has 0 spiro atoms. The molecule has 0 aliphatic carbocycles. The van der Waals surface area contributed by atoms with Gasteiger partial charge in [-0.2, -0.15) is 5.10 Å². The number of carbonyl (C=O) groups is 1. The molecular weight excluding hydrogens is 427 g/mol. The first kappa shape index (κ1) is 19.9. The number of hydrogen-bond acceptors (Lipinski definition) is 4. The van der Waals surface area contributed by atoms with Crippen molar-refractivity contribution in [1.82, 2.24) is 19.7 Å². The minimum Gasteiger partial charge on any atom is -0.331 e. The van der Waals surface area contributed by atoms with Crippen LogP contribution in [-0.2, 0) is 24.4 Å². The van der Waals surface area contributed by atoms with Crippen LogP contribution in [0.25, 0.3) is 0 Å². The summed E-state index contributed by atoms with van der Waals surface area (Å²) in [6.45, 7) is 1.75. The van der Waals surface area contributed by atoms with Gasteiger partial charge in [-0.1, -0.05) is 28.1 Å². The molecule has 0 N–H and O–H groups in total. The van der Waals surface area contributed by atoms with Gasteiger partial charge in [0.2, 0.25) is 5.91 Å². The van der Waals surface area contributed by atoms with Crippen LogP contribution in [0, 0.1) is 12.7 Å². The van der Waals surface area contributed by atoms with Crippen LogP contribution >= 0.6 is 15.9 Å². The van der Waals surface area contributed by atoms with E-state index in [9.17, 15) is 14.0 Å². The molecule has 1 aromatic carbocycles. The van der Waals surface area contributed by atoms with Crippen LogP contribution in [0.15, 0.2) is 64.0 Å². The highest BCUT2D eigenvalue weighted by Gasteiger charge is 2.18. The van der Waals surface area contributed by atoms with Crippen molar-refractivity contribution < 1.29 is 9.18 Å². The minimum absolute atomic E-state index is 0.0507. The zero-order chi connectivity index (χ0) is 20.1. The van der Waals surface area contributed by atoms with Crippen molar-refractivity contribution in [3.8, 4) is 0 Å². The quantitative estimate of drug-likeness (QED) is 0.585. The second-order valence-electron chi connectivity index (χ2n) is 6.28. The van der Waals surface area contributed by atoms with Gasteiger partial charge in [0, 0.05) is 28.8 Å². The minimum atomic E-state index is -0.418. The van der Waals surface area contributed by atoms with E-state index in [2.05, 4.69) is 26.0 Å². The van der Waals surface area contributed by atoms with Crippen LogP contribution in [0.5, 0.6) is 0 Å². The van der Waals surface area contributed by atoms with Gasteiger partial charge in [0.15, 0.2) is 0 Å². The van der Waals surface area contributed by atoms with E-state index in [1.807, 2.05) is 6.07 Å². The van der Waals surface area contributed by atoms with Gasteiger partial charge in [-0.25, -0.2) is 9.07 Å². The topological polar surface area (TPSA) is 68.1 Å². The van der Waals surface area contributed by atoms with Crippen LogP contribution in [0.2, 0.25) is 0 Å². The number of rotatable bonds is 6. The lowest BCUT2D eigenvalue weighted by atomic mass is 10.2. The first-order chi connectivity index (χ1) is 13.4. The fourth-order valence-corrected chi connectivity index (χ4v) is 3.00. The summed E-state index contributed by atoms with van der Waals surface area (Å²) in [5.41, 5.74) is 1.30. The zero-order valence-corrected chi connectivity index (χ0v) is 16.8. The molecule has 6 nitrogen and oxygen atoms in total. The summed E-state index contributed by atoms with van der Waals surface area (Å²) in [5.74, 6) is -0.771. The number of benzene rings is 1. The number of carbonyl (C=O) groups excluding carboxylic acids is 1. The summed E-state index contributed by atoms with van der Waals surface area (Å²) in [6.07, 6.45) is 1.63. The van der Waals surface area contributed by atoms with E-state index < -0.39 is 5.82 Å². The molecule has 28 heavy (non-hydrogen) atoms. The van der Waals surface area contributed by atoms with E-state index in [1.165, 1.54) is 17.0 Å². The standard InChI is InChI=1S/C20H18BrFN4O2/c1-14-5-8-19(27)26(24-14)13-20(28)25(12-17-4-2-3-9-23-17)11-15-6-7-16(21)10-18(15)22/h2-10H,11-13H2,1H3. The normalized spacial score (nSPS) is 10.7. The highest BCUT2D eigenvalue weighted by atomic mass is 79.9. The Labute approximate surface area is 169 Å². The maximum Gasteiger partial charge on any atom is 0.267 e. The maximum atomic E-state index is 14.3. The average Bonchev–Trinajstić information content (AvgIpc) is 2.67. The number of nitrogens with zero attached hydrogens (tertiary/aromatic N) is 4. The van der Waals surface area contributed by atoms with Crippen molar-refractivity contribution in [3.05, 3.63) is 92.3 Å². The van der Waals surface area contributed by atoms with Crippen LogP contribution in [-0.4, -0.2) is 25.6 Å². The molecule has 0 radical (unpaired) electrons. The third kappa shape index (κ3) is 5.10. The van der Waals surface area contributed by atoms with Crippen molar-refractivity contribution in [3.63, 3.8) is 0 Å². The molecule has 0 saturated heterocycles. The van der Waals surface area contributed by atoms with Crippen molar-refractivity contribution in [1.29, 1.82) is 0 Å². The Morgan fingerprint density at radius 2 is 2.00 bits per heavy atom. The number of aryl methyl sites for hydroxylation is 1. The number of halogens is 2. The Hall–Kier alpha value is -2.87. The molecule has 0 aliphatic rings. The SMILES string of the molecule is Cc1ccc(=O)n(CC(=O)N(Cc2ccccn2)Cc2ccc(Br)cc2F)n1. The Morgan fingerprint density at radius 1 is 1.18 bits per heavy atom. The van der Waals surface area contributed by atoms with Crippen LogP contribution in [0.3, 0.4) is 0 Å². The Morgan fingerprint density at radius 3 is 2.71 bits per heavy atom. The third-order valence-corrected chi connectivity index (χ3v) is 4.59. The lowest BCUT2D eigenvalue weighted by Gasteiger charge is -2.23. The second kappa shape index (κ2) is 8.88. The molecule has 0 bridgehead atoms. The summed E-state index contributed by atoms with van der Waals surface area (Å²) < 4.78 is 16.0. The molecule has 3 rings (SSSR count). The first-order valence-electron chi connectivity index (χ1n) is 8.59. The second-order valence-corrected chi connectivity index (χ2v) is 7.19. The molecule has 144 valence electrons. The molecular formula is C20H18BrFN4O2. The predicted molar refractivity (Wildman–Crippen MR) is 106 cm³/mol. The first-order valence-corrected chi connectivity index (χ1v) is 9.38. The monoisotopic (exact) mass is 444 g/mol. The highest BCUT2D eigenvalue weighted by molar-refractivity contribution is 9.10. The molecule has 0 unspecified atom stereocenters. The summed E-state index contributed by atoms with van der Waals surface area (Å²) in [6, 6.07) is 13.0. The summed E-state index contributed by atoms with van der Waals surface area (Å²) in [7, 11) is 0. The average molecular weight is 445 g/mol. The molecule has 2 heterocycles. The van der Waals surface area contributed by atoms with E-state index in [0.29, 0.717) is 21.4 Å². The number of aromatic nitrogens is 3. The number of pyridine rings is 1. The van der Waals surface area contributed by atoms with Gasteiger partial charge in [0.05, 0.1) is 17.9 Å². The van der Waals surface area contributed by atoms with Gasteiger partial charge in [-0.15, -0.1) is 0 Å². The van der Waals surface area contributed by atoms with E-state index >= 15 is 0 Å². The van der Waals surface area contributed by atoms with Gasteiger partial charge >= 0.3 is 0 Å². The number of hydrogen-bond donors (Lipinski definition) is 0. The summed E-state index contributed by atoms with van der Waals surface area (Å²) in [5, 5.41) is 4.10. The van der Waals surface area contributed by atoms with Crippen molar-refractivity contribution in [2.24, 2.45) is 0 Å². The van der Waals surface area contributed by atoms with Crippen molar-refractivity contribution in [2.75, 3.05) is 0 Å². The molecule has 0 saturated carbocycles. The largest absolute Gasteiger partial charge is 0.331 e. The Kier molecular flexibility index (Phi) is 6.30. The van der Waals surface area contributed by atoms with Gasteiger partial charge in [-0.3, -0.25) is 14.6 Å². The molecule has 3 aromatic rings. The van der Waals surface area contributed by atoms with E-state index in [-0.39, 0.29) is 31.1 Å². The van der Waals surface area contributed by atoms with Crippen LogP contribution < -0.4 is 5.56 Å². The smallest absolute Gasteiger partial charge is 0.267 e. The van der Waals surface area contributed by atoms with Gasteiger partial charge in [0.1, 0.15) is 12.4 Å². The predicted octanol–water partition coefficient (Wildman–Crippen LogP) is 3.08. The Bertz CT molecular complexity index is 1040. The van der Waals surface area contributed by atoms with Gasteiger partial charge < -0.3 is 4.90 Å². The lowest BCUT2D eigenvalue weighted by Crippen LogP contribution is -2.37. The fraction of sp³-hybridized carbons (Fsp3) is 0.200. The van der Waals surface area contributed by atoms with Crippen molar-refractivity contribution >= 4 is 21.8 Å². The van der Waals surface area contributed by atoms with Crippen molar-refractivity contribution in [2.45, 2.75) is 26.6 Å². The van der Waals surface area contributed by atoms with Gasteiger partial charge in [0.25, 0.3) is 5.56 Å². The molecule has 0 fully saturated rings. The Balaban J connectivity index is 1.87. The van der Waals surface area contributed by atoms with E-state index in [4.69, 9.17) is 0 Å². The molecule has 0 atom stereocenters. The fourth-order valence-electron chi connectivity index (χ4n) is 2.67. The zero-order valence-electron chi connectivity index (χ0n) is 15.2. The highest BCUT2D eigenvalue weighted by Crippen LogP contribution is 2.18. The lowest BCUT2D eigenvalue weighted by molar-refractivity contribution is -0.133. The molecule has 8 heteroatoms. The maximum absolute atomic E-state index is 14.3. The van der Waals surface area contributed by atoms with Gasteiger partial charge in [-0.05, 0) is 37.3 Å². The summed E-state index contributed by atoms with van der Waals surface area (Å²) >= 11 is 3.23.